The summed E-state index contributed by atoms with van der Waals surface area (Å²) in [6.07, 6.45) is 4.27. The first-order valence-corrected chi connectivity index (χ1v) is 5.58. The smallest absolute Gasteiger partial charge is 0.102 e. The lowest BCUT2D eigenvalue weighted by Gasteiger charge is -2.14. The Hall–Kier alpha value is -1.16. The molecule has 0 amide bonds. The van der Waals surface area contributed by atoms with Crippen molar-refractivity contribution in [2.24, 2.45) is 5.73 Å². The summed E-state index contributed by atoms with van der Waals surface area (Å²) in [5.41, 5.74) is 7.74. The summed E-state index contributed by atoms with van der Waals surface area (Å²) in [6.45, 7) is 0.822. The van der Waals surface area contributed by atoms with Gasteiger partial charge in [-0.05, 0) is 17.5 Å². The van der Waals surface area contributed by atoms with Crippen LogP contribution in [0.3, 0.4) is 0 Å². The third kappa shape index (κ3) is 2.50. The van der Waals surface area contributed by atoms with Crippen LogP contribution in [0, 0.1) is 0 Å². The summed E-state index contributed by atoms with van der Waals surface area (Å²) >= 11 is 0. The van der Waals surface area contributed by atoms with Crippen LogP contribution in [-0.2, 0) is 4.74 Å². The number of benzene rings is 1. The zero-order valence-electron chi connectivity index (χ0n) is 9.17. The van der Waals surface area contributed by atoms with Crippen LogP contribution in [-0.4, -0.2) is 24.4 Å². The van der Waals surface area contributed by atoms with Crippen LogP contribution >= 0.6 is 0 Å². The normalized spacial score (nSPS) is 19.8. The molecule has 0 spiro atoms. The van der Waals surface area contributed by atoms with Crippen LogP contribution in [0.5, 0.6) is 0 Å². The van der Waals surface area contributed by atoms with Gasteiger partial charge in [0.05, 0.1) is 12.7 Å². The Morgan fingerprint density at radius 1 is 1.38 bits per heavy atom. The lowest BCUT2D eigenvalue weighted by Crippen LogP contribution is -2.21. The number of aliphatic hydroxyl groups excluding tert-OH is 1. The van der Waals surface area contributed by atoms with Gasteiger partial charge in [0.25, 0.3) is 0 Å². The molecule has 1 aliphatic rings. The molecule has 0 aromatic heterocycles. The summed E-state index contributed by atoms with van der Waals surface area (Å²) in [4.78, 5) is 0. The number of hydrogen-bond acceptors (Lipinski definition) is 3. The quantitative estimate of drug-likeness (QED) is 0.788. The first-order chi connectivity index (χ1) is 7.81. The van der Waals surface area contributed by atoms with Gasteiger partial charge in [-0.3, -0.25) is 0 Å². The van der Waals surface area contributed by atoms with Gasteiger partial charge >= 0.3 is 0 Å². The molecule has 1 aromatic rings. The molecule has 2 rings (SSSR count). The number of aliphatic hydroxyl groups is 1. The summed E-state index contributed by atoms with van der Waals surface area (Å²) in [7, 11) is 0. The average molecular weight is 219 g/mol. The Labute approximate surface area is 95.5 Å². The second kappa shape index (κ2) is 5.25. The van der Waals surface area contributed by atoms with Crippen molar-refractivity contribution >= 4 is 6.08 Å². The van der Waals surface area contributed by atoms with Gasteiger partial charge in [0.2, 0.25) is 0 Å². The molecule has 2 atom stereocenters. The Kier molecular flexibility index (Phi) is 3.72. The largest absolute Gasteiger partial charge is 0.392 e. The SMILES string of the molecule is NCC(O)CCOC1C=Cc2ccccc21. The minimum atomic E-state index is -0.458. The van der Waals surface area contributed by atoms with Crippen LogP contribution in [0.4, 0.5) is 0 Å². The maximum atomic E-state index is 9.30. The second-order valence-electron chi connectivity index (χ2n) is 3.96. The van der Waals surface area contributed by atoms with E-state index in [2.05, 4.69) is 18.2 Å². The topological polar surface area (TPSA) is 55.5 Å². The highest BCUT2D eigenvalue weighted by molar-refractivity contribution is 5.61. The Morgan fingerprint density at radius 2 is 2.19 bits per heavy atom. The molecule has 1 aliphatic carbocycles. The Balaban J connectivity index is 1.87. The predicted molar refractivity (Wildman–Crippen MR) is 63.8 cm³/mol. The molecule has 0 bridgehead atoms. The van der Waals surface area contributed by atoms with Crippen LogP contribution in [0.2, 0.25) is 0 Å². The Morgan fingerprint density at radius 3 is 3.00 bits per heavy atom. The summed E-state index contributed by atoms with van der Waals surface area (Å²) in [6, 6.07) is 8.17. The van der Waals surface area contributed by atoms with Gasteiger partial charge in [0.1, 0.15) is 6.10 Å². The number of nitrogens with two attached hydrogens (primary N) is 1. The van der Waals surface area contributed by atoms with E-state index in [9.17, 15) is 5.11 Å². The van der Waals surface area contributed by atoms with E-state index in [1.807, 2.05) is 18.2 Å². The summed E-state index contributed by atoms with van der Waals surface area (Å²) < 4.78 is 5.70. The van der Waals surface area contributed by atoms with Crippen molar-refractivity contribution in [3.8, 4) is 0 Å². The monoisotopic (exact) mass is 219 g/mol. The van der Waals surface area contributed by atoms with E-state index < -0.39 is 6.10 Å². The number of rotatable bonds is 5. The third-order valence-electron chi connectivity index (χ3n) is 2.77. The van der Waals surface area contributed by atoms with Crippen molar-refractivity contribution < 1.29 is 9.84 Å². The fourth-order valence-corrected chi connectivity index (χ4v) is 1.81. The summed E-state index contributed by atoms with van der Waals surface area (Å²) in [5.74, 6) is 0. The first kappa shape index (κ1) is 11.3. The molecule has 0 fully saturated rings. The standard InChI is InChI=1S/C13H17NO2/c14-9-11(15)7-8-16-13-6-5-10-3-1-2-4-12(10)13/h1-6,11,13,15H,7-9,14H2. The molecular formula is C13H17NO2. The van der Waals surface area contributed by atoms with E-state index in [0.29, 0.717) is 19.6 Å². The zero-order chi connectivity index (χ0) is 11.4. The van der Waals surface area contributed by atoms with Crippen molar-refractivity contribution in [3.63, 3.8) is 0 Å². The van der Waals surface area contributed by atoms with E-state index in [1.165, 1.54) is 11.1 Å². The van der Waals surface area contributed by atoms with Gasteiger partial charge in [0.15, 0.2) is 0 Å². The van der Waals surface area contributed by atoms with Crippen LogP contribution in [0.1, 0.15) is 23.7 Å². The predicted octanol–water partition coefficient (Wildman–Crippen LogP) is 1.48. The van der Waals surface area contributed by atoms with Crippen molar-refractivity contribution in [1.29, 1.82) is 0 Å². The highest BCUT2D eigenvalue weighted by Gasteiger charge is 2.16. The van der Waals surface area contributed by atoms with Gasteiger partial charge in [-0.25, -0.2) is 0 Å². The fourth-order valence-electron chi connectivity index (χ4n) is 1.81. The van der Waals surface area contributed by atoms with Crippen LogP contribution in [0.15, 0.2) is 30.3 Å². The summed E-state index contributed by atoms with van der Waals surface area (Å²) in [5, 5.41) is 9.30. The molecule has 16 heavy (non-hydrogen) atoms. The van der Waals surface area contributed by atoms with Crippen molar-refractivity contribution in [2.45, 2.75) is 18.6 Å². The van der Waals surface area contributed by atoms with E-state index in [-0.39, 0.29) is 6.10 Å². The van der Waals surface area contributed by atoms with E-state index >= 15 is 0 Å². The molecule has 0 heterocycles. The van der Waals surface area contributed by atoms with E-state index in [0.717, 1.165) is 0 Å². The lowest BCUT2D eigenvalue weighted by atomic mass is 10.1. The van der Waals surface area contributed by atoms with Gasteiger partial charge in [0, 0.05) is 6.54 Å². The number of hydrogen-bond donors (Lipinski definition) is 2. The fraction of sp³-hybridized carbons (Fsp3) is 0.385. The number of ether oxygens (including phenoxy) is 1. The van der Waals surface area contributed by atoms with E-state index in [4.69, 9.17) is 10.5 Å². The van der Waals surface area contributed by atoms with Crippen molar-refractivity contribution in [2.75, 3.05) is 13.2 Å². The third-order valence-corrected chi connectivity index (χ3v) is 2.77. The highest BCUT2D eigenvalue weighted by Crippen LogP contribution is 2.30. The zero-order valence-corrected chi connectivity index (χ0v) is 9.17. The minimum Gasteiger partial charge on any atom is -0.392 e. The Bertz CT molecular complexity index is 376. The number of fused-ring (bicyclic) bond motifs is 1. The minimum absolute atomic E-state index is 0.0289. The second-order valence-corrected chi connectivity index (χ2v) is 3.96. The molecule has 2 unspecified atom stereocenters. The lowest BCUT2D eigenvalue weighted by molar-refractivity contribution is 0.0546. The maximum Gasteiger partial charge on any atom is 0.102 e. The van der Waals surface area contributed by atoms with Crippen LogP contribution in [0.25, 0.3) is 6.08 Å². The van der Waals surface area contributed by atoms with Gasteiger partial charge < -0.3 is 15.6 Å². The molecule has 0 saturated heterocycles. The van der Waals surface area contributed by atoms with Gasteiger partial charge in [-0.1, -0.05) is 36.4 Å². The molecule has 3 nitrogen and oxygen atoms in total. The highest BCUT2D eigenvalue weighted by atomic mass is 16.5. The molecule has 3 heteroatoms. The van der Waals surface area contributed by atoms with Gasteiger partial charge in [-0.2, -0.15) is 0 Å². The van der Waals surface area contributed by atoms with E-state index in [1.54, 1.807) is 0 Å². The van der Waals surface area contributed by atoms with Crippen LogP contribution < -0.4 is 5.73 Å². The first-order valence-electron chi connectivity index (χ1n) is 5.58. The average Bonchev–Trinajstić information content (AvgIpc) is 2.73. The molecule has 0 radical (unpaired) electrons. The molecule has 86 valence electrons. The molecule has 0 saturated carbocycles. The van der Waals surface area contributed by atoms with Gasteiger partial charge in [-0.15, -0.1) is 0 Å². The molecule has 3 N–H and O–H groups in total. The molecule has 1 aromatic carbocycles. The maximum absolute atomic E-state index is 9.30. The molecule has 0 aliphatic heterocycles. The molecular weight excluding hydrogens is 202 g/mol. The van der Waals surface area contributed by atoms with Crippen molar-refractivity contribution in [3.05, 3.63) is 41.5 Å². The van der Waals surface area contributed by atoms with Crippen molar-refractivity contribution in [1.82, 2.24) is 0 Å².